The maximum Gasteiger partial charge on any atom is 0.0650 e. The fourth-order valence-electron chi connectivity index (χ4n) is 7.40. The number of unbranched alkanes of at least 4 members (excludes halogenated alkanes) is 1. The van der Waals surface area contributed by atoms with Gasteiger partial charge in [0.2, 0.25) is 0 Å². The van der Waals surface area contributed by atoms with Crippen LogP contribution in [0.25, 0.3) is 16.7 Å². The average molecular weight is 523 g/mol. The van der Waals surface area contributed by atoms with Crippen molar-refractivity contribution in [3.05, 3.63) is 101 Å². The highest BCUT2D eigenvalue weighted by Gasteiger charge is 2.42. The lowest BCUT2D eigenvalue weighted by atomic mass is 9.87. The monoisotopic (exact) mass is 522 g/mol. The highest BCUT2D eigenvalue weighted by Crippen LogP contribution is 2.49. The Labute approximate surface area is 234 Å². The molecule has 1 heteroatoms. The predicted octanol–water partition coefficient (Wildman–Crippen LogP) is 12.0. The predicted molar refractivity (Wildman–Crippen MR) is 172 cm³/mol. The number of hydrogen-bond donors (Lipinski definition) is 0. The Bertz CT molecular complexity index is 1180. The number of hydrogen-bond acceptors (Lipinski definition) is 0. The summed E-state index contributed by atoms with van der Waals surface area (Å²) in [5.41, 5.74) is 14.1. The zero-order valence-electron chi connectivity index (χ0n) is 25.1. The van der Waals surface area contributed by atoms with Gasteiger partial charge in [0, 0.05) is 0 Å². The summed E-state index contributed by atoms with van der Waals surface area (Å²) in [6.07, 6.45) is 15.3. The topological polar surface area (TPSA) is 0 Å². The molecule has 0 spiro atoms. The van der Waals surface area contributed by atoms with Gasteiger partial charge in [-0.05, 0) is 82.7 Å². The van der Waals surface area contributed by atoms with Gasteiger partial charge in [-0.15, -0.1) is 0 Å². The summed E-state index contributed by atoms with van der Waals surface area (Å²) in [6.45, 7) is 17.3. The Hall–Kier alpha value is -2.38. The maximum absolute atomic E-state index is 2.73. The minimum absolute atomic E-state index is 0.786. The molecule has 0 aliphatic heterocycles. The van der Waals surface area contributed by atoms with Crippen LogP contribution in [0.15, 0.2) is 95.1 Å². The fraction of sp³-hybridized carbons (Fsp3) is 0.459. The third kappa shape index (κ3) is 5.79. The van der Waals surface area contributed by atoms with E-state index in [0.29, 0.717) is 0 Å². The van der Waals surface area contributed by atoms with Gasteiger partial charge >= 0.3 is 0 Å². The molecule has 0 N–H and O–H groups in total. The van der Waals surface area contributed by atoms with Crippen molar-refractivity contribution in [2.75, 3.05) is 0 Å². The Morgan fingerprint density at radius 3 is 2.00 bits per heavy atom. The van der Waals surface area contributed by atoms with E-state index in [2.05, 4.69) is 121 Å². The molecule has 0 aromatic heterocycles. The minimum atomic E-state index is -1.51. The van der Waals surface area contributed by atoms with Crippen LogP contribution in [0, 0.1) is 0 Å². The van der Waals surface area contributed by atoms with E-state index in [1.807, 2.05) is 0 Å². The molecule has 2 aromatic carbocycles. The number of benzene rings is 2. The van der Waals surface area contributed by atoms with Gasteiger partial charge < -0.3 is 0 Å². The molecule has 0 heterocycles. The highest BCUT2D eigenvalue weighted by atomic mass is 28.3. The molecule has 0 saturated carbocycles. The molecule has 38 heavy (non-hydrogen) atoms. The van der Waals surface area contributed by atoms with E-state index in [1.54, 1.807) is 16.7 Å². The molecule has 2 aromatic rings. The molecule has 2 aliphatic rings. The number of rotatable bonds is 10. The van der Waals surface area contributed by atoms with Gasteiger partial charge in [0.15, 0.2) is 0 Å². The van der Waals surface area contributed by atoms with Crippen LogP contribution in [0.2, 0.25) is 22.7 Å². The quantitative estimate of drug-likeness (QED) is 0.272. The van der Waals surface area contributed by atoms with Crippen LogP contribution in [0.1, 0.15) is 92.6 Å². The Morgan fingerprint density at radius 2 is 1.39 bits per heavy atom. The summed E-state index contributed by atoms with van der Waals surface area (Å²) in [5, 5.41) is 0. The van der Waals surface area contributed by atoms with Crippen molar-refractivity contribution in [2.45, 2.75) is 110 Å². The first-order valence-electron chi connectivity index (χ1n) is 15.3. The zero-order chi connectivity index (χ0) is 27.3. The summed E-state index contributed by atoms with van der Waals surface area (Å²) < 4.78 is 0. The third-order valence-electron chi connectivity index (χ3n) is 9.56. The summed E-state index contributed by atoms with van der Waals surface area (Å²) in [5.74, 6) is 0. The normalized spacial score (nSPS) is 17.7. The first kappa shape index (κ1) is 28.6. The van der Waals surface area contributed by atoms with E-state index in [1.165, 1.54) is 66.0 Å². The molecule has 0 saturated heterocycles. The molecule has 4 rings (SSSR count). The fourth-order valence-corrected chi connectivity index (χ4v) is 13.4. The minimum Gasteiger partial charge on any atom is -0.0790 e. The molecule has 2 aliphatic carbocycles. The molecule has 0 atom stereocenters. The maximum atomic E-state index is 2.73. The molecule has 0 radical (unpaired) electrons. The van der Waals surface area contributed by atoms with E-state index >= 15 is 0 Å². The van der Waals surface area contributed by atoms with Gasteiger partial charge in [0.25, 0.3) is 0 Å². The van der Waals surface area contributed by atoms with E-state index in [9.17, 15) is 0 Å². The molecular formula is C37H50Si. The third-order valence-corrected chi connectivity index (χ3v) is 16.9. The molecule has 0 unspecified atom stereocenters. The van der Waals surface area contributed by atoms with E-state index in [-0.39, 0.29) is 0 Å². The van der Waals surface area contributed by atoms with Crippen molar-refractivity contribution in [1.82, 2.24) is 0 Å². The van der Waals surface area contributed by atoms with Crippen LogP contribution in [0.4, 0.5) is 0 Å². The second-order valence-corrected chi connectivity index (χ2v) is 18.6. The summed E-state index contributed by atoms with van der Waals surface area (Å²) in [4.78, 5) is 0. The second-order valence-electron chi connectivity index (χ2n) is 12.5. The summed E-state index contributed by atoms with van der Waals surface area (Å²) in [6, 6.07) is 21.4. The van der Waals surface area contributed by atoms with Gasteiger partial charge in [-0.1, -0.05) is 144 Å². The van der Waals surface area contributed by atoms with Crippen LogP contribution in [0.5, 0.6) is 0 Å². The van der Waals surface area contributed by atoms with Crippen LogP contribution < -0.4 is 0 Å². The van der Waals surface area contributed by atoms with Crippen LogP contribution in [-0.2, 0) is 0 Å². The molecule has 0 fully saturated rings. The summed E-state index contributed by atoms with van der Waals surface area (Å²) in [7, 11) is -1.51. The average Bonchev–Trinajstić information content (AvgIpc) is 3.28. The molecule has 0 bridgehead atoms. The summed E-state index contributed by atoms with van der Waals surface area (Å²) >= 11 is 0. The SMILES string of the molecule is CCC/C=C(/C1=CC2=C(CCCC2)/C1=C\C[Si](C(C)C)(C(C)C)C(C)C)c1ccc(-c2ccccc2)cc1. The van der Waals surface area contributed by atoms with Gasteiger partial charge in [-0.3, -0.25) is 0 Å². The van der Waals surface area contributed by atoms with Crippen molar-refractivity contribution in [3.8, 4) is 11.1 Å². The van der Waals surface area contributed by atoms with Gasteiger partial charge in [0.1, 0.15) is 0 Å². The largest absolute Gasteiger partial charge is 0.0790 e. The molecule has 0 nitrogen and oxygen atoms in total. The van der Waals surface area contributed by atoms with E-state index < -0.39 is 8.07 Å². The van der Waals surface area contributed by atoms with Crippen LogP contribution in [0.3, 0.4) is 0 Å². The smallest absolute Gasteiger partial charge is 0.0650 e. The first-order chi connectivity index (χ1) is 18.3. The van der Waals surface area contributed by atoms with Gasteiger partial charge in [-0.2, -0.15) is 0 Å². The Kier molecular flexibility index (Phi) is 9.53. The van der Waals surface area contributed by atoms with Crippen LogP contribution >= 0.6 is 0 Å². The molecular weight excluding hydrogens is 472 g/mol. The lowest BCUT2D eigenvalue weighted by Gasteiger charge is -2.43. The lowest BCUT2D eigenvalue weighted by molar-refractivity contribution is 0.694. The van der Waals surface area contributed by atoms with Crippen molar-refractivity contribution in [3.63, 3.8) is 0 Å². The standard InChI is InChI=1S/C37H50Si/c1-8-9-18-34(32-22-20-31(21-23-32)30-15-11-10-12-16-30)37-26-33-17-13-14-19-35(33)36(37)24-25-38(27(2)3,28(4)5)29(6)7/h10-12,15-16,18,20-24,26-29H,8-9,13-14,17,19,25H2,1-7H3/b34-18+,36-24+. The van der Waals surface area contributed by atoms with Crippen molar-refractivity contribution < 1.29 is 0 Å². The molecule has 0 amide bonds. The lowest BCUT2D eigenvalue weighted by Crippen LogP contribution is -2.43. The second kappa shape index (κ2) is 12.6. The van der Waals surface area contributed by atoms with Gasteiger partial charge in [0.05, 0.1) is 8.07 Å². The Morgan fingerprint density at radius 1 is 0.789 bits per heavy atom. The van der Waals surface area contributed by atoms with Crippen molar-refractivity contribution >= 4 is 13.6 Å². The van der Waals surface area contributed by atoms with Crippen molar-refractivity contribution in [2.24, 2.45) is 0 Å². The van der Waals surface area contributed by atoms with Crippen LogP contribution in [-0.4, -0.2) is 8.07 Å². The van der Waals surface area contributed by atoms with E-state index in [4.69, 9.17) is 0 Å². The zero-order valence-corrected chi connectivity index (χ0v) is 26.1. The van der Waals surface area contributed by atoms with E-state index in [0.717, 1.165) is 23.0 Å². The molecule has 202 valence electrons. The first-order valence-corrected chi connectivity index (χ1v) is 17.7. The number of allylic oxidation sites excluding steroid dienone is 8. The van der Waals surface area contributed by atoms with Crippen molar-refractivity contribution in [1.29, 1.82) is 0 Å². The van der Waals surface area contributed by atoms with Gasteiger partial charge in [-0.25, -0.2) is 0 Å². The Balaban J connectivity index is 1.77. The highest BCUT2D eigenvalue weighted by molar-refractivity contribution is 6.83.